The van der Waals surface area contributed by atoms with E-state index in [9.17, 15) is 9.59 Å². The minimum absolute atomic E-state index is 0.211. The van der Waals surface area contributed by atoms with E-state index in [1.54, 1.807) is 66.4 Å². The minimum Gasteiger partial charge on any atom is -0.453 e. The van der Waals surface area contributed by atoms with Gasteiger partial charge in [0.25, 0.3) is 0 Å². The van der Waals surface area contributed by atoms with Gasteiger partial charge in [0.05, 0.1) is 24.5 Å². The van der Waals surface area contributed by atoms with Gasteiger partial charge in [0.15, 0.2) is 5.15 Å². The van der Waals surface area contributed by atoms with Crippen molar-refractivity contribution < 1.29 is 14.3 Å². The van der Waals surface area contributed by atoms with Gasteiger partial charge >= 0.3 is 6.09 Å². The lowest BCUT2D eigenvalue weighted by atomic mass is 10.0. The minimum atomic E-state index is -0.568. The third kappa shape index (κ3) is 7.56. The van der Waals surface area contributed by atoms with E-state index in [0.717, 1.165) is 11.3 Å². The van der Waals surface area contributed by atoms with Crippen molar-refractivity contribution in [1.82, 2.24) is 35.7 Å². The lowest BCUT2D eigenvalue weighted by molar-refractivity contribution is -0.117. The number of carbonyl (C=O) groups is 2. The molecule has 2 aromatic carbocycles. The summed E-state index contributed by atoms with van der Waals surface area (Å²) in [5, 5.41) is 26.0. The van der Waals surface area contributed by atoms with Crippen LogP contribution in [0.15, 0.2) is 60.9 Å². The standard InChI is InChI=1S/C26H24Cl2N8O3S/c1-39-26(38)30-19-7-3-16(4-8-19)20-14-22(32-33-25(20)28)21(11-12-40-2)31-24(37)10-5-17-13-18(27)6-9-23(17)36-15-29-34-35-36/h3-10,13-15,21H,11-12H2,1-2H3,(H,30,38)(H,31,37). The summed E-state index contributed by atoms with van der Waals surface area (Å²) < 4.78 is 6.10. The van der Waals surface area contributed by atoms with Crippen LogP contribution in [0.1, 0.15) is 23.7 Å². The average molecular weight is 600 g/mol. The first-order chi connectivity index (χ1) is 19.4. The fraction of sp³-hybridized carbons (Fsp3) is 0.192. The Morgan fingerprint density at radius 2 is 1.93 bits per heavy atom. The van der Waals surface area contributed by atoms with Crippen molar-refractivity contribution >= 4 is 58.7 Å². The zero-order valence-corrected chi connectivity index (χ0v) is 23.7. The van der Waals surface area contributed by atoms with Crippen LogP contribution in [0.2, 0.25) is 10.2 Å². The van der Waals surface area contributed by atoms with Crippen LogP contribution in [0.3, 0.4) is 0 Å². The summed E-state index contributed by atoms with van der Waals surface area (Å²) in [5.74, 6) is 0.449. The fourth-order valence-electron chi connectivity index (χ4n) is 3.72. The lowest BCUT2D eigenvalue weighted by Gasteiger charge is -2.18. The number of methoxy groups -OCH3 is 1. The molecule has 0 saturated carbocycles. The Morgan fingerprint density at radius 3 is 2.62 bits per heavy atom. The summed E-state index contributed by atoms with van der Waals surface area (Å²) in [5.41, 5.74) is 3.85. The number of aromatic nitrogens is 6. The van der Waals surface area contributed by atoms with Crippen molar-refractivity contribution in [2.45, 2.75) is 12.5 Å². The number of hydrogen-bond donors (Lipinski definition) is 2. The topological polar surface area (TPSA) is 137 Å². The third-order valence-corrected chi connectivity index (χ3v) is 6.84. The molecule has 2 aromatic heterocycles. The molecular weight excluding hydrogens is 575 g/mol. The van der Waals surface area contributed by atoms with E-state index in [2.05, 4.69) is 41.1 Å². The first kappa shape index (κ1) is 29.0. The molecule has 4 rings (SSSR count). The second-order valence-corrected chi connectivity index (χ2v) is 10.1. The Kier molecular flexibility index (Phi) is 10.1. The van der Waals surface area contributed by atoms with Gasteiger partial charge in [-0.25, -0.2) is 4.79 Å². The van der Waals surface area contributed by atoms with Gasteiger partial charge in [-0.2, -0.15) is 21.5 Å². The highest BCUT2D eigenvalue weighted by Gasteiger charge is 2.18. The maximum Gasteiger partial charge on any atom is 0.411 e. The van der Waals surface area contributed by atoms with Crippen molar-refractivity contribution in [3.63, 3.8) is 0 Å². The van der Waals surface area contributed by atoms with Crippen LogP contribution in [-0.4, -0.2) is 61.5 Å². The summed E-state index contributed by atoms with van der Waals surface area (Å²) in [6.07, 6.45) is 6.56. The van der Waals surface area contributed by atoms with Crippen LogP contribution in [0.5, 0.6) is 0 Å². The number of nitrogens with zero attached hydrogens (tertiary/aromatic N) is 6. The zero-order chi connectivity index (χ0) is 28.5. The lowest BCUT2D eigenvalue weighted by Crippen LogP contribution is -2.28. The van der Waals surface area contributed by atoms with E-state index in [-0.39, 0.29) is 11.1 Å². The molecule has 0 aliphatic carbocycles. The van der Waals surface area contributed by atoms with Crippen molar-refractivity contribution in [1.29, 1.82) is 0 Å². The molecule has 0 aliphatic heterocycles. The molecular formula is C26H24Cl2N8O3S. The maximum atomic E-state index is 13.0. The number of amides is 2. The second kappa shape index (κ2) is 13.9. The Morgan fingerprint density at radius 1 is 1.12 bits per heavy atom. The average Bonchev–Trinajstić information content (AvgIpc) is 3.50. The molecule has 0 spiro atoms. The summed E-state index contributed by atoms with van der Waals surface area (Å²) in [6.45, 7) is 0. The number of ether oxygens (including phenoxy) is 1. The molecule has 11 nitrogen and oxygen atoms in total. The van der Waals surface area contributed by atoms with E-state index < -0.39 is 12.1 Å². The van der Waals surface area contributed by atoms with Crippen LogP contribution < -0.4 is 10.6 Å². The van der Waals surface area contributed by atoms with Crippen molar-refractivity contribution in [2.75, 3.05) is 24.4 Å². The van der Waals surface area contributed by atoms with E-state index in [1.807, 2.05) is 6.26 Å². The molecule has 4 aromatic rings. The van der Waals surface area contributed by atoms with Gasteiger partial charge in [-0.3, -0.25) is 10.1 Å². The molecule has 2 heterocycles. The van der Waals surface area contributed by atoms with Gasteiger partial charge in [0, 0.05) is 27.9 Å². The van der Waals surface area contributed by atoms with Crippen molar-refractivity contribution in [3.05, 3.63) is 82.4 Å². The number of halogens is 2. The first-order valence-electron chi connectivity index (χ1n) is 11.9. The van der Waals surface area contributed by atoms with Crippen molar-refractivity contribution in [2.24, 2.45) is 0 Å². The van der Waals surface area contributed by atoms with Gasteiger partial charge in [0.2, 0.25) is 5.91 Å². The summed E-state index contributed by atoms with van der Waals surface area (Å²) in [7, 11) is 1.29. The van der Waals surface area contributed by atoms with E-state index in [0.29, 0.717) is 39.6 Å². The molecule has 0 bridgehead atoms. The number of carbonyl (C=O) groups excluding carboxylic acids is 2. The van der Waals surface area contributed by atoms with Crippen LogP contribution in [-0.2, 0) is 9.53 Å². The maximum absolute atomic E-state index is 13.0. The number of nitrogens with one attached hydrogen (secondary N) is 2. The largest absolute Gasteiger partial charge is 0.453 e. The molecule has 1 unspecified atom stereocenters. The Balaban J connectivity index is 1.55. The number of benzene rings is 2. The Hall–Kier alpha value is -4.00. The first-order valence-corrected chi connectivity index (χ1v) is 14.0. The molecule has 206 valence electrons. The number of thioether (sulfide) groups is 1. The van der Waals surface area contributed by atoms with Gasteiger partial charge in [0.1, 0.15) is 6.33 Å². The van der Waals surface area contributed by atoms with Crippen LogP contribution in [0.25, 0.3) is 22.9 Å². The molecule has 0 radical (unpaired) electrons. The number of rotatable bonds is 10. The summed E-state index contributed by atoms with van der Waals surface area (Å²) in [4.78, 5) is 24.5. The van der Waals surface area contributed by atoms with Crippen LogP contribution in [0, 0.1) is 0 Å². The zero-order valence-electron chi connectivity index (χ0n) is 21.4. The highest BCUT2D eigenvalue weighted by molar-refractivity contribution is 7.98. The summed E-state index contributed by atoms with van der Waals surface area (Å²) in [6, 6.07) is 13.6. The highest BCUT2D eigenvalue weighted by atomic mass is 35.5. The summed E-state index contributed by atoms with van der Waals surface area (Å²) >= 11 is 14.2. The monoisotopic (exact) mass is 598 g/mol. The SMILES string of the molecule is COC(=O)Nc1ccc(-c2cc(C(CCSC)NC(=O)C=Cc3cc(Cl)ccc3-n3cnnn3)nnc2Cl)cc1. The second-order valence-electron chi connectivity index (χ2n) is 8.30. The smallest absolute Gasteiger partial charge is 0.411 e. The molecule has 14 heteroatoms. The number of tetrazole rings is 1. The molecule has 0 saturated heterocycles. The third-order valence-electron chi connectivity index (χ3n) is 5.68. The van der Waals surface area contributed by atoms with Crippen LogP contribution in [0.4, 0.5) is 10.5 Å². The Bertz CT molecular complexity index is 1500. The fourth-order valence-corrected chi connectivity index (χ4v) is 4.57. The van der Waals surface area contributed by atoms with E-state index >= 15 is 0 Å². The van der Waals surface area contributed by atoms with Crippen molar-refractivity contribution in [3.8, 4) is 16.8 Å². The van der Waals surface area contributed by atoms with Gasteiger partial charge in [-0.15, -0.1) is 10.2 Å². The molecule has 2 amide bonds. The van der Waals surface area contributed by atoms with Crippen LogP contribution >= 0.6 is 35.0 Å². The predicted molar refractivity (Wildman–Crippen MR) is 156 cm³/mol. The molecule has 0 fully saturated rings. The van der Waals surface area contributed by atoms with Gasteiger partial charge < -0.3 is 10.1 Å². The highest BCUT2D eigenvalue weighted by Crippen LogP contribution is 2.30. The number of anilines is 1. The molecule has 2 N–H and O–H groups in total. The van der Waals surface area contributed by atoms with Gasteiger partial charge in [-0.05, 0) is 76.9 Å². The van der Waals surface area contributed by atoms with Gasteiger partial charge in [-0.1, -0.05) is 35.3 Å². The number of hydrogen-bond acceptors (Lipinski definition) is 9. The molecule has 0 aliphatic rings. The molecule has 1 atom stereocenters. The Labute approximate surface area is 244 Å². The van der Waals surface area contributed by atoms with E-state index in [4.69, 9.17) is 23.2 Å². The van der Waals surface area contributed by atoms with E-state index in [1.165, 1.54) is 24.2 Å². The predicted octanol–water partition coefficient (Wildman–Crippen LogP) is 5.23. The normalized spacial score (nSPS) is 11.8. The quantitative estimate of drug-likeness (QED) is 0.235. The molecule has 40 heavy (non-hydrogen) atoms.